The molecular formula is C26H36O4. The van der Waals surface area contributed by atoms with Crippen molar-refractivity contribution in [3.63, 3.8) is 0 Å². The van der Waals surface area contributed by atoms with Crippen LogP contribution in [0.3, 0.4) is 0 Å². The summed E-state index contributed by atoms with van der Waals surface area (Å²) in [6.07, 6.45) is 14.2. The molecule has 0 radical (unpaired) electrons. The van der Waals surface area contributed by atoms with Crippen LogP contribution < -0.4 is 0 Å². The fourth-order valence-corrected chi connectivity index (χ4v) is 4.26. The van der Waals surface area contributed by atoms with Gasteiger partial charge >= 0.3 is 5.97 Å². The summed E-state index contributed by atoms with van der Waals surface area (Å²) in [6.45, 7) is 2.19. The first-order valence-corrected chi connectivity index (χ1v) is 11.6. The van der Waals surface area contributed by atoms with Crippen LogP contribution in [0.25, 0.3) is 0 Å². The van der Waals surface area contributed by atoms with Gasteiger partial charge in [0, 0.05) is 24.3 Å². The SMILES string of the molecule is CCCCCc1ccc(C(=O)/C=C/C2CCC(=O)C2CCCCCCC(=O)O)cc1. The lowest BCUT2D eigenvalue weighted by Gasteiger charge is -2.14. The molecule has 1 aliphatic rings. The topological polar surface area (TPSA) is 71.4 Å². The summed E-state index contributed by atoms with van der Waals surface area (Å²) in [4.78, 5) is 35.3. The fourth-order valence-electron chi connectivity index (χ4n) is 4.26. The van der Waals surface area contributed by atoms with Gasteiger partial charge in [-0.1, -0.05) is 69.4 Å². The molecule has 164 valence electrons. The van der Waals surface area contributed by atoms with E-state index in [1.54, 1.807) is 6.08 Å². The van der Waals surface area contributed by atoms with Crippen molar-refractivity contribution in [2.75, 3.05) is 0 Å². The largest absolute Gasteiger partial charge is 0.481 e. The third-order valence-electron chi connectivity index (χ3n) is 6.11. The Balaban J connectivity index is 1.80. The van der Waals surface area contributed by atoms with E-state index in [9.17, 15) is 14.4 Å². The number of rotatable bonds is 14. The number of carboxylic acids is 1. The van der Waals surface area contributed by atoms with Crippen molar-refractivity contribution in [3.05, 3.63) is 47.5 Å². The molecule has 1 aromatic carbocycles. The minimum atomic E-state index is -0.748. The Morgan fingerprint density at radius 2 is 1.77 bits per heavy atom. The van der Waals surface area contributed by atoms with Crippen LogP contribution in [0.1, 0.15) is 93.5 Å². The minimum absolute atomic E-state index is 0.00174. The predicted octanol–water partition coefficient (Wildman–Crippen LogP) is 6.18. The zero-order valence-electron chi connectivity index (χ0n) is 18.3. The molecule has 2 atom stereocenters. The number of ketones is 2. The van der Waals surface area contributed by atoms with Gasteiger partial charge < -0.3 is 5.11 Å². The molecule has 0 bridgehead atoms. The van der Waals surface area contributed by atoms with Crippen LogP contribution in [0.15, 0.2) is 36.4 Å². The van der Waals surface area contributed by atoms with Crippen molar-refractivity contribution in [2.45, 2.75) is 84.0 Å². The van der Waals surface area contributed by atoms with Gasteiger partial charge in [0.1, 0.15) is 5.78 Å². The molecule has 1 aliphatic carbocycles. The Morgan fingerprint density at radius 3 is 2.47 bits per heavy atom. The highest BCUT2D eigenvalue weighted by atomic mass is 16.4. The summed E-state index contributed by atoms with van der Waals surface area (Å²) < 4.78 is 0. The van der Waals surface area contributed by atoms with Crippen molar-refractivity contribution < 1.29 is 19.5 Å². The van der Waals surface area contributed by atoms with E-state index in [-0.39, 0.29) is 24.0 Å². The molecule has 0 aliphatic heterocycles. The van der Waals surface area contributed by atoms with E-state index in [4.69, 9.17) is 5.11 Å². The third kappa shape index (κ3) is 8.25. The summed E-state index contributed by atoms with van der Waals surface area (Å²) in [5.74, 6) is -0.286. The summed E-state index contributed by atoms with van der Waals surface area (Å²) in [7, 11) is 0. The zero-order chi connectivity index (χ0) is 21.8. The van der Waals surface area contributed by atoms with E-state index in [0.717, 1.165) is 38.5 Å². The van der Waals surface area contributed by atoms with Gasteiger partial charge in [-0.2, -0.15) is 0 Å². The van der Waals surface area contributed by atoms with Gasteiger partial charge in [0.15, 0.2) is 5.78 Å². The maximum Gasteiger partial charge on any atom is 0.303 e. The van der Waals surface area contributed by atoms with Gasteiger partial charge in [-0.3, -0.25) is 14.4 Å². The number of carbonyl (C=O) groups excluding carboxylic acids is 2. The molecule has 1 aromatic rings. The molecule has 0 heterocycles. The highest BCUT2D eigenvalue weighted by molar-refractivity contribution is 6.04. The predicted molar refractivity (Wildman–Crippen MR) is 120 cm³/mol. The lowest BCUT2D eigenvalue weighted by Crippen LogP contribution is -2.13. The number of allylic oxidation sites excluding steroid dienone is 2. The van der Waals surface area contributed by atoms with Crippen LogP contribution in [-0.4, -0.2) is 22.6 Å². The number of carboxylic acid groups (broad SMARTS) is 1. The first-order chi connectivity index (χ1) is 14.5. The summed E-state index contributed by atoms with van der Waals surface area (Å²) in [5.41, 5.74) is 1.97. The standard InChI is InChI=1S/C26H36O4/c1-2-3-6-9-20-12-14-22(15-13-20)24(27)18-16-21-17-19-25(28)23(21)10-7-4-5-8-11-26(29)30/h12-16,18,21,23H,2-11,17,19H2,1H3,(H,29,30)/b18-16+. The molecule has 0 amide bonds. The summed E-state index contributed by atoms with van der Waals surface area (Å²) in [6, 6.07) is 7.90. The number of Topliss-reactive ketones (excluding diaryl/α,β-unsaturated/α-hetero) is 1. The summed E-state index contributed by atoms with van der Waals surface area (Å²) in [5, 5.41) is 8.68. The van der Waals surface area contributed by atoms with Crippen molar-refractivity contribution in [1.29, 1.82) is 0 Å². The van der Waals surface area contributed by atoms with E-state index in [2.05, 4.69) is 6.92 Å². The molecule has 1 fully saturated rings. The Labute approximate surface area is 180 Å². The van der Waals surface area contributed by atoms with Gasteiger partial charge in [-0.05, 0) is 49.7 Å². The molecule has 1 saturated carbocycles. The average Bonchev–Trinajstić information content (AvgIpc) is 3.08. The number of benzene rings is 1. The Morgan fingerprint density at radius 1 is 1.03 bits per heavy atom. The van der Waals surface area contributed by atoms with Crippen molar-refractivity contribution in [3.8, 4) is 0 Å². The van der Waals surface area contributed by atoms with Crippen molar-refractivity contribution >= 4 is 17.5 Å². The van der Waals surface area contributed by atoms with Crippen LogP contribution in [0.4, 0.5) is 0 Å². The Kier molecular flexibility index (Phi) is 10.5. The smallest absolute Gasteiger partial charge is 0.303 e. The highest BCUT2D eigenvalue weighted by Gasteiger charge is 2.32. The number of aryl methyl sites for hydroxylation is 1. The third-order valence-corrected chi connectivity index (χ3v) is 6.11. The van der Waals surface area contributed by atoms with E-state index in [1.165, 1.54) is 24.8 Å². The minimum Gasteiger partial charge on any atom is -0.481 e. The monoisotopic (exact) mass is 412 g/mol. The molecular weight excluding hydrogens is 376 g/mol. The van der Waals surface area contributed by atoms with Gasteiger partial charge in [-0.25, -0.2) is 0 Å². The average molecular weight is 413 g/mol. The lowest BCUT2D eigenvalue weighted by atomic mass is 9.89. The molecule has 0 spiro atoms. The highest BCUT2D eigenvalue weighted by Crippen LogP contribution is 2.34. The van der Waals surface area contributed by atoms with Crippen LogP contribution in [0.2, 0.25) is 0 Å². The zero-order valence-corrected chi connectivity index (χ0v) is 18.3. The van der Waals surface area contributed by atoms with Crippen LogP contribution >= 0.6 is 0 Å². The van der Waals surface area contributed by atoms with Gasteiger partial charge in [0.2, 0.25) is 0 Å². The van der Waals surface area contributed by atoms with E-state index in [1.807, 2.05) is 30.3 Å². The number of hydrogen-bond donors (Lipinski definition) is 1. The van der Waals surface area contributed by atoms with Crippen LogP contribution in [-0.2, 0) is 16.0 Å². The maximum absolute atomic E-state index is 12.5. The molecule has 2 rings (SSSR count). The van der Waals surface area contributed by atoms with E-state index >= 15 is 0 Å². The quantitative estimate of drug-likeness (QED) is 0.225. The molecule has 4 heteroatoms. The first-order valence-electron chi connectivity index (χ1n) is 11.6. The van der Waals surface area contributed by atoms with Crippen LogP contribution in [0.5, 0.6) is 0 Å². The fraction of sp³-hybridized carbons (Fsp3) is 0.577. The second kappa shape index (κ2) is 13.1. The van der Waals surface area contributed by atoms with Crippen molar-refractivity contribution in [2.24, 2.45) is 11.8 Å². The number of hydrogen-bond acceptors (Lipinski definition) is 3. The molecule has 0 aromatic heterocycles. The maximum atomic E-state index is 12.5. The molecule has 4 nitrogen and oxygen atoms in total. The Hall–Kier alpha value is -2.23. The van der Waals surface area contributed by atoms with E-state index < -0.39 is 5.97 Å². The van der Waals surface area contributed by atoms with E-state index in [0.29, 0.717) is 24.2 Å². The summed E-state index contributed by atoms with van der Waals surface area (Å²) >= 11 is 0. The molecule has 0 saturated heterocycles. The number of aliphatic carboxylic acids is 1. The normalized spacial score (nSPS) is 18.9. The second-order valence-corrected chi connectivity index (χ2v) is 8.50. The number of unbranched alkanes of at least 4 members (excludes halogenated alkanes) is 5. The van der Waals surface area contributed by atoms with Gasteiger partial charge in [0.25, 0.3) is 0 Å². The van der Waals surface area contributed by atoms with Crippen molar-refractivity contribution in [1.82, 2.24) is 0 Å². The van der Waals surface area contributed by atoms with Crippen LogP contribution in [0, 0.1) is 11.8 Å². The Bertz CT molecular complexity index is 717. The molecule has 1 N–H and O–H groups in total. The lowest BCUT2D eigenvalue weighted by molar-refractivity contribution is -0.137. The molecule has 2 unspecified atom stereocenters. The molecule has 30 heavy (non-hydrogen) atoms. The van der Waals surface area contributed by atoms with Gasteiger partial charge in [-0.15, -0.1) is 0 Å². The first kappa shape index (κ1) is 24.0. The number of carbonyl (C=O) groups is 3. The van der Waals surface area contributed by atoms with Gasteiger partial charge in [0.05, 0.1) is 0 Å². The second-order valence-electron chi connectivity index (χ2n) is 8.50.